The van der Waals surface area contributed by atoms with Gasteiger partial charge >= 0.3 is 0 Å². The first-order valence-corrected chi connectivity index (χ1v) is 7.22. The molecule has 1 unspecified atom stereocenters. The molecule has 0 N–H and O–H groups in total. The number of hydrogen-bond acceptors (Lipinski definition) is 1. The van der Waals surface area contributed by atoms with Crippen molar-refractivity contribution in [1.29, 1.82) is 0 Å². The summed E-state index contributed by atoms with van der Waals surface area (Å²) in [4.78, 5) is 2.60. The molecule has 1 aromatic rings. The van der Waals surface area contributed by atoms with Crippen molar-refractivity contribution >= 4 is 11.6 Å². The Kier molecular flexibility index (Phi) is 3.75. The van der Waals surface area contributed by atoms with Gasteiger partial charge in [-0.05, 0) is 70.7 Å². The SMILES string of the molecule is Cc1ccc(C)c(C2CCCN2C(C)(C)C)c1Cl. The molecule has 0 aromatic heterocycles. The van der Waals surface area contributed by atoms with E-state index >= 15 is 0 Å². The van der Waals surface area contributed by atoms with Gasteiger partial charge in [-0.3, -0.25) is 4.90 Å². The van der Waals surface area contributed by atoms with Crippen LogP contribution in [-0.2, 0) is 0 Å². The summed E-state index contributed by atoms with van der Waals surface area (Å²) >= 11 is 6.57. The Labute approximate surface area is 116 Å². The quantitative estimate of drug-likeness (QED) is 0.699. The van der Waals surface area contributed by atoms with Crippen LogP contribution in [0.15, 0.2) is 12.1 Å². The summed E-state index contributed by atoms with van der Waals surface area (Å²) in [6.45, 7) is 12.3. The number of nitrogens with zero attached hydrogens (tertiary/aromatic N) is 1. The molecule has 0 radical (unpaired) electrons. The number of likely N-dealkylation sites (tertiary alicyclic amines) is 1. The molecule has 0 amide bonds. The molecule has 1 aliphatic heterocycles. The molecule has 2 rings (SSSR count). The van der Waals surface area contributed by atoms with Crippen LogP contribution in [0.25, 0.3) is 0 Å². The van der Waals surface area contributed by atoms with Gasteiger partial charge in [0.1, 0.15) is 0 Å². The summed E-state index contributed by atoms with van der Waals surface area (Å²) in [6, 6.07) is 4.81. The number of benzene rings is 1. The van der Waals surface area contributed by atoms with E-state index in [1.807, 2.05) is 0 Å². The summed E-state index contributed by atoms with van der Waals surface area (Å²) in [6.07, 6.45) is 2.49. The predicted molar refractivity (Wildman–Crippen MR) is 79.4 cm³/mol. The average Bonchev–Trinajstić information content (AvgIpc) is 2.73. The Morgan fingerprint density at radius 1 is 1.17 bits per heavy atom. The van der Waals surface area contributed by atoms with E-state index in [-0.39, 0.29) is 5.54 Å². The highest BCUT2D eigenvalue weighted by atomic mass is 35.5. The lowest BCUT2D eigenvalue weighted by molar-refractivity contribution is 0.121. The lowest BCUT2D eigenvalue weighted by Crippen LogP contribution is -2.40. The molecular formula is C16H24ClN. The van der Waals surface area contributed by atoms with E-state index in [9.17, 15) is 0 Å². The van der Waals surface area contributed by atoms with Crippen LogP contribution in [0, 0.1) is 13.8 Å². The molecule has 1 atom stereocenters. The molecular weight excluding hydrogens is 242 g/mol. The van der Waals surface area contributed by atoms with Gasteiger partial charge in [-0.25, -0.2) is 0 Å². The summed E-state index contributed by atoms with van der Waals surface area (Å²) in [5.41, 5.74) is 4.08. The third-order valence-electron chi connectivity index (χ3n) is 4.04. The summed E-state index contributed by atoms with van der Waals surface area (Å²) < 4.78 is 0. The molecule has 1 aromatic carbocycles. The fourth-order valence-corrected chi connectivity index (χ4v) is 3.42. The highest BCUT2D eigenvalue weighted by molar-refractivity contribution is 6.32. The first-order chi connectivity index (χ1) is 8.32. The monoisotopic (exact) mass is 265 g/mol. The molecule has 18 heavy (non-hydrogen) atoms. The maximum absolute atomic E-state index is 6.57. The van der Waals surface area contributed by atoms with E-state index in [0.717, 1.165) is 5.02 Å². The van der Waals surface area contributed by atoms with Gasteiger partial charge in [0.15, 0.2) is 0 Å². The second-order valence-electron chi connectivity index (χ2n) is 6.45. The third kappa shape index (κ3) is 2.44. The van der Waals surface area contributed by atoms with E-state index in [4.69, 9.17) is 11.6 Å². The molecule has 100 valence electrons. The standard InChI is InChI=1S/C16H24ClN/c1-11-8-9-12(2)15(17)14(11)13-7-6-10-18(13)16(3,4)5/h8-9,13H,6-7,10H2,1-5H3. The van der Waals surface area contributed by atoms with Crippen LogP contribution < -0.4 is 0 Å². The van der Waals surface area contributed by atoms with Gasteiger partial charge < -0.3 is 0 Å². The molecule has 2 heteroatoms. The third-order valence-corrected chi connectivity index (χ3v) is 4.54. The van der Waals surface area contributed by atoms with Gasteiger partial charge in [0.25, 0.3) is 0 Å². The van der Waals surface area contributed by atoms with E-state index in [1.54, 1.807) is 0 Å². The van der Waals surface area contributed by atoms with Crippen molar-refractivity contribution in [3.8, 4) is 0 Å². The molecule has 0 aliphatic carbocycles. The van der Waals surface area contributed by atoms with Gasteiger partial charge in [0.05, 0.1) is 0 Å². The minimum Gasteiger partial charge on any atom is -0.291 e. The van der Waals surface area contributed by atoms with E-state index < -0.39 is 0 Å². The first-order valence-electron chi connectivity index (χ1n) is 6.84. The normalized spacial score (nSPS) is 21.6. The summed E-state index contributed by atoms with van der Waals surface area (Å²) in [7, 11) is 0. The van der Waals surface area contributed by atoms with E-state index in [1.165, 1.54) is 36.1 Å². The van der Waals surface area contributed by atoms with Gasteiger partial charge in [-0.15, -0.1) is 0 Å². The van der Waals surface area contributed by atoms with Crippen LogP contribution in [0.1, 0.15) is 56.3 Å². The average molecular weight is 266 g/mol. The Balaban J connectivity index is 2.46. The molecule has 1 fully saturated rings. The molecule has 1 saturated heterocycles. The van der Waals surface area contributed by atoms with E-state index in [0.29, 0.717) is 6.04 Å². The maximum Gasteiger partial charge on any atom is 0.0485 e. The lowest BCUT2D eigenvalue weighted by atomic mass is 9.94. The Hall–Kier alpha value is -0.530. The highest BCUT2D eigenvalue weighted by Crippen LogP contribution is 2.42. The number of hydrogen-bond donors (Lipinski definition) is 0. The fraction of sp³-hybridized carbons (Fsp3) is 0.625. The second kappa shape index (κ2) is 4.86. The van der Waals surface area contributed by atoms with Crippen LogP contribution in [0.5, 0.6) is 0 Å². The zero-order chi connectivity index (χ0) is 13.5. The topological polar surface area (TPSA) is 3.24 Å². The van der Waals surface area contributed by atoms with Crippen molar-refractivity contribution in [2.45, 2.75) is 59.0 Å². The van der Waals surface area contributed by atoms with Crippen LogP contribution in [-0.4, -0.2) is 17.0 Å². The minimum atomic E-state index is 0.209. The molecule has 0 bridgehead atoms. The lowest BCUT2D eigenvalue weighted by Gasteiger charge is -2.38. The fourth-order valence-electron chi connectivity index (χ4n) is 3.08. The van der Waals surface area contributed by atoms with Gasteiger partial charge in [0, 0.05) is 16.6 Å². The second-order valence-corrected chi connectivity index (χ2v) is 6.83. The van der Waals surface area contributed by atoms with Crippen LogP contribution in [0.3, 0.4) is 0 Å². The zero-order valence-corrected chi connectivity index (χ0v) is 12.9. The first kappa shape index (κ1) is 13.9. The van der Waals surface area contributed by atoms with Gasteiger partial charge in [0.2, 0.25) is 0 Å². The highest BCUT2D eigenvalue weighted by Gasteiger charge is 2.35. The van der Waals surface area contributed by atoms with Crippen molar-refractivity contribution in [2.75, 3.05) is 6.54 Å². The molecule has 0 spiro atoms. The van der Waals surface area contributed by atoms with Gasteiger partial charge in [-0.1, -0.05) is 23.7 Å². The van der Waals surface area contributed by atoms with Crippen molar-refractivity contribution < 1.29 is 0 Å². The van der Waals surface area contributed by atoms with Crippen molar-refractivity contribution in [3.05, 3.63) is 33.8 Å². The largest absolute Gasteiger partial charge is 0.291 e. The van der Waals surface area contributed by atoms with Crippen molar-refractivity contribution in [3.63, 3.8) is 0 Å². The number of aryl methyl sites for hydroxylation is 2. The number of halogens is 1. The number of rotatable bonds is 1. The Morgan fingerprint density at radius 3 is 2.39 bits per heavy atom. The minimum absolute atomic E-state index is 0.209. The molecule has 1 heterocycles. The van der Waals surface area contributed by atoms with Gasteiger partial charge in [-0.2, -0.15) is 0 Å². The maximum atomic E-state index is 6.57. The van der Waals surface area contributed by atoms with Crippen molar-refractivity contribution in [1.82, 2.24) is 4.90 Å². The van der Waals surface area contributed by atoms with Crippen molar-refractivity contribution in [2.24, 2.45) is 0 Å². The molecule has 1 aliphatic rings. The zero-order valence-electron chi connectivity index (χ0n) is 12.2. The van der Waals surface area contributed by atoms with Crippen LogP contribution in [0.2, 0.25) is 5.02 Å². The van der Waals surface area contributed by atoms with Crippen LogP contribution >= 0.6 is 11.6 Å². The summed E-state index contributed by atoms with van der Waals surface area (Å²) in [5, 5.41) is 0.969. The smallest absolute Gasteiger partial charge is 0.0485 e. The molecule has 1 nitrogen and oxygen atoms in total. The molecule has 0 saturated carbocycles. The Morgan fingerprint density at radius 2 is 1.78 bits per heavy atom. The van der Waals surface area contributed by atoms with E-state index in [2.05, 4.69) is 51.7 Å². The predicted octanol–water partition coefficient (Wildman–Crippen LogP) is 4.89. The van der Waals surface area contributed by atoms with Crippen LogP contribution in [0.4, 0.5) is 0 Å². The summed E-state index contributed by atoms with van der Waals surface area (Å²) in [5.74, 6) is 0. The Bertz CT molecular complexity index is 445.